The van der Waals surface area contributed by atoms with Gasteiger partial charge in [0.25, 0.3) is 0 Å². The van der Waals surface area contributed by atoms with Gasteiger partial charge in [0, 0.05) is 5.69 Å². The number of aromatic nitrogens is 1. The number of anilines is 2. The number of nitrogens with zero attached hydrogens (tertiary/aromatic N) is 1. The maximum Gasteiger partial charge on any atom is 0.131 e. The largest absolute Gasteiger partial charge is 0.388 e. The van der Waals surface area contributed by atoms with Crippen molar-refractivity contribution in [3.63, 3.8) is 0 Å². The van der Waals surface area contributed by atoms with Crippen molar-refractivity contribution < 1.29 is 0 Å². The van der Waals surface area contributed by atoms with E-state index in [1.54, 1.807) is 0 Å². The molecule has 98 valence electrons. The van der Waals surface area contributed by atoms with E-state index in [0.717, 1.165) is 17.9 Å². The molecule has 0 atom stereocenters. The maximum absolute atomic E-state index is 5.60. The third-order valence-corrected chi connectivity index (χ3v) is 3.20. The summed E-state index contributed by atoms with van der Waals surface area (Å²) < 4.78 is 0. The highest BCUT2D eigenvalue weighted by atomic mass is 32.1. The van der Waals surface area contributed by atoms with E-state index in [1.807, 2.05) is 18.2 Å². The highest BCUT2D eigenvalue weighted by molar-refractivity contribution is 7.80. The molecule has 2 rings (SSSR count). The molecule has 1 aromatic carbocycles. The van der Waals surface area contributed by atoms with Gasteiger partial charge in [0.15, 0.2) is 0 Å². The van der Waals surface area contributed by atoms with E-state index in [0.29, 0.717) is 10.7 Å². The van der Waals surface area contributed by atoms with Crippen molar-refractivity contribution >= 4 is 28.7 Å². The Morgan fingerprint density at radius 2 is 2.00 bits per heavy atom. The van der Waals surface area contributed by atoms with Gasteiger partial charge in [-0.1, -0.05) is 43.4 Å². The molecule has 0 aliphatic heterocycles. The number of thiocarbonyl (C=S) groups is 1. The maximum atomic E-state index is 5.60. The molecule has 0 bridgehead atoms. The van der Waals surface area contributed by atoms with Crippen molar-refractivity contribution in [1.82, 2.24) is 4.98 Å². The highest BCUT2D eigenvalue weighted by Crippen LogP contribution is 2.24. The molecule has 4 heteroatoms. The summed E-state index contributed by atoms with van der Waals surface area (Å²) in [7, 11) is 0. The summed E-state index contributed by atoms with van der Waals surface area (Å²) in [6.45, 7) is 4.22. The van der Waals surface area contributed by atoms with Crippen LogP contribution in [0.4, 0.5) is 11.5 Å². The van der Waals surface area contributed by atoms with Gasteiger partial charge in [0.05, 0.1) is 5.69 Å². The zero-order valence-corrected chi connectivity index (χ0v) is 11.9. The molecule has 0 saturated heterocycles. The summed E-state index contributed by atoms with van der Waals surface area (Å²) in [5.74, 6) is 0.759. The van der Waals surface area contributed by atoms with Crippen LogP contribution in [0, 0.1) is 6.92 Å². The zero-order valence-electron chi connectivity index (χ0n) is 11.1. The first kappa shape index (κ1) is 13.5. The summed E-state index contributed by atoms with van der Waals surface area (Å²) >= 11 is 4.95. The Bertz CT molecular complexity index is 608. The molecule has 0 spiro atoms. The van der Waals surface area contributed by atoms with Crippen LogP contribution in [0.5, 0.6) is 0 Å². The normalized spacial score (nSPS) is 10.2. The van der Waals surface area contributed by atoms with E-state index < -0.39 is 0 Å². The minimum atomic E-state index is 0.309. The number of nitrogens with two attached hydrogens (primary N) is 1. The molecule has 0 amide bonds. The fourth-order valence-electron chi connectivity index (χ4n) is 1.97. The smallest absolute Gasteiger partial charge is 0.131 e. The Balaban J connectivity index is 2.36. The SMILES string of the molecule is CCc1cccc(C)c1Nc1cccc(C(N)=S)n1. The van der Waals surface area contributed by atoms with Crippen LogP contribution in [-0.2, 0) is 6.42 Å². The molecule has 2 aromatic rings. The highest BCUT2D eigenvalue weighted by Gasteiger charge is 2.06. The average molecular weight is 271 g/mol. The first-order valence-corrected chi connectivity index (χ1v) is 6.65. The van der Waals surface area contributed by atoms with Crippen LogP contribution in [-0.4, -0.2) is 9.97 Å². The Hall–Kier alpha value is -1.94. The number of nitrogens with one attached hydrogen (secondary N) is 1. The third kappa shape index (κ3) is 3.09. The van der Waals surface area contributed by atoms with E-state index in [9.17, 15) is 0 Å². The van der Waals surface area contributed by atoms with Crippen molar-refractivity contribution in [2.45, 2.75) is 20.3 Å². The van der Waals surface area contributed by atoms with Gasteiger partial charge in [-0.05, 0) is 36.6 Å². The average Bonchev–Trinajstić information content (AvgIpc) is 2.41. The lowest BCUT2D eigenvalue weighted by atomic mass is 10.1. The molecule has 0 unspecified atom stereocenters. The number of hydrogen-bond donors (Lipinski definition) is 2. The molecule has 3 nitrogen and oxygen atoms in total. The summed E-state index contributed by atoms with van der Waals surface area (Å²) in [5, 5.41) is 3.36. The fourth-order valence-corrected chi connectivity index (χ4v) is 2.09. The molecular weight excluding hydrogens is 254 g/mol. The standard InChI is InChI=1S/C15H17N3S/c1-3-11-7-4-6-10(2)14(11)18-13-9-5-8-12(17-13)15(16)19/h4-9H,3H2,1-2H3,(H2,16,19)(H,17,18). The summed E-state index contributed by atoms with van der Waals surface area (Å²) in [6.07, 6.45) is 0.971. The van der Waals surface area contributed by atoms with E-state index in [1.165, 1.54) is 11.1 Å². The van der Waals surface area contributed by atoms with Crippen LogP contribution in [0.25, 0.3) is 0 Å². The van der Waals surface area contributed by atoms with E-state index in [4.69, 9.17) is 18.0 Å². The Kier molecular flexibility index (Phi) is 4.12. The van der Waals surface area contributed by atoms with Gasteiger partial charge in [0.1, 0.15) is 10.8 Å². The van der Waals surface area contributed by atoms with Gasteiger partial charge in [0.2, 0.25) is 0 Å². The van der Waals surface area contributed by atoms with E-state index >= 15 is 0 Å². The van der Waals surface area contributed by atoms with Crippen molar-refractivity contribution in [2.24, 2.45) is 5.73 Å². The Morgan fingerprint density at radius 1 is 1.26 bits per heavy atom. The molecule has 0 aliphatic carbocycles. The zero-order chi connectivity index (χ0) is 13.8. The first-order valence-electron chi connectivity index (χ1n) is 6.24. The molecular formula is C15H17N3S. The van der Waals surface area contributed by atoms with Crippen molar-refractivity contribution in [1.29, 1.82) is 0 Å². The Labute approximate surface area is 118 Å². The number of pyridine rings is 1. The van der Waals surface area contributed by atoms with Crippen LogP contribution in [0.1, 0.15) is 23.7 Å². The number of para-hydroxylation sites is 1. The molecule has 1 aromatic heterocycles. The van der Waals surface area contributed by atoms with Gasteiger partial charge >= 0.3 is 0 Å². The van der Waals surface area contributed by atoms with Gasteiger partial charge in [-0.15, -0.1) is 0 Å². The Morgan fingerprint density at radius 3 is 2.68 bits per heavy atom. The van der Waals surface area contributed by atoms with Crippen molar-refractivity contribution in [2.75, 3.05) is 5.32 Å². The minimum Gasteiger partial charge on any atom is -0.388 e. The van der Waals surface area contributed by atoms with Crippen LogP contribution in [0.3, 0.4) is 0 Å². The number of benzene rings is 1. The third-order valence-electron chi connectivity index (χ3n) is 2.99. The second-order valence-electron chi connectivity index (χ2n) is 4.36. The first-order chi connectivity index (χ1) is 9.11. The van der Waals surface area contributed by atoms with Crippen molar-refractivity contribution in [3.8, 4) is 0 Å². The van der Waals surface area contributed by atoms with E-state index in [-0.39, 0.29) is 0 Å². The second-order valence-corrected chi connectivity index (χ2v) is 4.80. The molecule has 0 radical (unpaired) electrons. The molecule has 0 fully saturated rings. The van der Waals surface area contributed by atoms with Gasteiger partial charge < -0.3 is 11.1 Å². The molecule has 0 saturated carbocycles. The van der Waals surface area contributed by atoms with Crippen LogP contribution >= 0.6 is 12.2 Å². The number of rotatable bonds is 4. The number of hydrogen-bond acceptors (Lipinski definition) is 3. The molecule has 1 heterocycles. The lowest BCUT2D eigenvalue weighted by Gasteiger charge is -2.13. The second kappa shape index (κ2) is 5.80. The van der Waals surface area contributed by atoms with E-state index in [2.05, 4.69) is 42.3 Å². The summed E-state index contributed by atoms with van der Waals surface area (Å²) in [5.41, 5.74) is 9.81. The summed E-state index contributed by atoms with van der Waals surface area (Å²) in [6, 6.07) is 11.9. The lowest BCUT2D eigenvalue weighted by Crippen LogP contribution is -2.12. The van der Waals surface area contributed by atoms with Crippen LogP contribution < -0.4 is 11.1 Å². The molecule has 3 N–H and O–H groups in total. The van der Waals surface area contributed by atoms with Gasteiger partial charge in [-0.2, -0.15) is 0 Å². The predicted octanol–water partition coefficient (Wildman–Crippen LogP) is 3.33. The number of aryl methyl sites for hydroxylation is 2. The minimum absolute atomic E-state index is 0.309. The van der Waals surface area contributed by atoms with Gasteiger partial charge in [-0.3, -0.25) is 0 Å². The summed E-state index contributed by atoms with van der Waals surface area (Å²) in [4.78, 5) is 4.72. The van der Waals surface area contributed by atoms with Crippen molar-refractivity contribution in [3.05, 3.63) is 53.2 Å². The predicted molar refractivity (Wildman–Crippen MR) is 84.0 cm³/mol. The molecule has 19 heavy (non-hydrogen) atoms. The topological polar surface area (TPSA) is 50.9 Å². The fraction of sp³-hybridized carbons (Fsp3) is 0.200. The monoisotopic (exact) mass is 271 g/mol. The molecule has 0 aliphatic rings. The van der Waals surface area contributed by atoms with Gasteiger partial charge in [-0.25, -0.2) is 4.98 Å². The lowest BCUT2D eigenvalue weighted by molar-refractivity contribution is 1.13. The quantitative estimate of drug-likeness (QED) is 0.837. The van der Waals surface area contributed by atoms with Crippen LogP contribution in [0.2, 0.25) is 0 Å². The van der Waals surface area contributed by atoms with Crippen LogP contribution in [0.15, 0.2) is 36.4 Å².